The molecule has 1 aliphatic heterocycles. The van der Waals surface area contributed by atoms with Crippen LogP contribution >= 0.6 is 0 Å². The molecular weight excluding hydrogens is 454 g/mol. The molecule has 5 rings (SSSR count). The van der Waals surface area contributed by atoms with Gasteiger partial charge in [0.05, 0.1) is 16.6 Å². The molecule has 1 amide bonds. The summed E-state index contributed by atoms with van der Waals surface area (Å²) in [6.07, 6.45) is 0.868. The first kappa shape index (κ1) is 23.0. The lowest BCUT2D eigenvalue weighted by Gasteiger charge is -2.33. The fourth-order valence-corrected chi connectivity index (χ4v) is 4.71. The van der Waals surface area contributed by atoms with E-state index in [0.717, 1.165) is 0 Å². The van der Waals surface area contributed by atoms with Crippen LogP contribution in [0.4, 0.5) is 13.6 Å². The molecule has 0 bridgehead atoms. The molecule has 1 saturated heterocycles. The molecule has 0 radical (unpaired) electrons. The highest BCUT2D eigenvalue weighted by atomic mass is 19.1. The van der Waals surface area contributed by atoms with Gasteiger partial charge in [-0.15, -0.1) is 0 Å². The number of hydrogen-bond donors (Lipinski definition) is 1. The van der Waals surface area contributed by atoms with Gasteiger partial charge in [-0.1, -0.05) is 18.2 Å². The third kappa shape index (κ3) is 4.26. The minimum absolute atomic E-state index is 0.0467. The number of amides is 1. The molecule has 0 aliphatic carbocycles. The van der Waals surface area contributed by atoms with Gasteiger partial charge in [-0.05, 0) is 51.8 Å². The molecule has 0 spiro atoms. The Morgan fingerprint density at radius 2 is 1.80 bits per heavy atom. The monoisotopic (exact) mass is 480 g/mol. The second-order valence-corrected chi connectivity index (χ2v) is 9.86. The molecule has 0 unspecified atom stereocenters. The Balaban J connectivity index is 1.57. The van der Waals surface area contributed by atoms with Crippen molar-refractivity contribution in [3.05, 3.63) is 70.1 Å². The fourth-order valence-electron chi connectivity index (χ4n) is 4.71. The number of fused-ring (bicyclic) bond motifs is 3. The van der Waals surface area contributed by atoms with Crippen LogP contribution in [-0.4, -0.2) is 44.3 Å². The predicted octanol–water partition coefficient (Wildman–Crippen LogP) is 5.24. The maximum atomic E-state index is 15.0. The van der Waals surface area contributed by atoms with Crippen LogP contribution in [0, 0.1) is 11.6 Å². The molecule has 4 aromatic rings. The largest absolute Gasteiger partial charge is 0.444 e. The van der Waals surface area contributed by atoms with E-state index in [1.54, 1.807) is 15.5 Å². The van der Waals surface area contributed by atoms with E-state index in [0.29, 0.717) is 48.2 Å². The number of piperidine rings is 1. The fraction of sp³-hybridized carbons (Fsp3) is 0.346. The first-order valence-corrected chi connectivity index (χ1v) is 11.6. The maximum absolute atomic E-state index is 15.0. The van der Waals surface area contributed by atoms with Crippen molar-refractivity contribution in [3.8, 4) is 11.1 Å². The molecule has 35 heavy (non-hydrogen) atoms. The molecule has 1 N–H and O–H groups in total. The molecule has 182 valence electrons. The zero-order valence-corrected chi connectivity index (χ0v) is 19.8. The normalized spacial score (nSPS) is 15.2. The van der Waals surface area contributed by atoms with Crippen molar-refractivity contribution in [2.45, 2.75) is 45.1 Å². The number of benzene rings is 2. The maximum Gasteiger partial charge on any atom is 0.410 e. The quantitative estimate of drug-likeness (QED) is 0.426. The van der Waals surface area contributed by atoms with Crippen LogP contribution in [0.15, 0.2) is 47.3 Å². The SMILES string of the molecule is CC(C)(C)OC(=O)N1CCC(c2cc(=O)[nH]c3c4c(-c5ccccc5F)c(F)ccc4nn23)CC1. The smallest absolute Gasteiger partial charge is 0.410 e. The van der Waals surface area contributed by atoms with Crippen LogP contribution in [0.5, 0.6) is 0 Å². The van der Waals surface area contributed by atoms with Crippen molar-refractivity contribution in [2.75, 3.05) is 13.1 Å². The average molecular weight is 481 g/mol. The molecule has 1 aliphatic rings. The van der Waals surface area contributed by atoms with Gasteiger partial charge in [-0.3, -0.25) is 4.79 Å². The van der Waals surface area contributed by atoms with Crippen molar-refractivity contribution in [1.29, 1.82) is 0 Å². The summed E-state index contributed by atoms with van der Waals surface area (Å²) in [5.74, 6) is -1.21. The summed E-state index contributed by atoms with van der Waals surface area (Å²) in [5, 5.41) is 4.99. The Morgan fingerprint density at radius 1 is 1.09 bits per heavy atom. The lowest BCUT2D eigenvalue weighted by molar-refractivity contribution is 0.0203. The number of halogens is 2. The Hall–Kier alpha value is -3.75. The van der Waals surface area contributed by atoms with E-state index < -0.39 is 17.2 Å². The zero-order chi connectivity index (χ0) is 24.9. The van der Waals surface area contributed by atoms with Crippen LogP contribution in [0.3, 0.4) is 0 Å². The lowest BCUT2D eigenvalue weighted by atomic mass is 9.93. The van der Waals surface area contributed by atoms with E-state index in [2.05, 4.69) is 10.1 Å². The van der Waals surface area contributed by atoms with E-state index in [1.165, 1.54) is 36.4 Å². The molecule has 0 saturated carbocycles. The molecule has 0 atom stereocenters. The highest BCUT2D eigenvalue weighted by molar-refractivity contribution is 6.04. The average Bonchev–Trinajstić information content (AvgIpc) is 3.17. The zero-order valence-electron chi connectivity index (χ0n) is 19.8. The number of likely N-dealkylation sites (tertiary alicyclic amines) is 1. The van der Waals surface area contributed by atoms with Crippen molar-refractivity contribution in [3.63, 3.8) is 0 Å². The van der Waals surface area contributed by atoms with Gasteiger partial charge in [0.15, 0.2) is 0 Å². The Bertz CT molecular complexity index is 1490. The summed E-state index contributed by atoms with van der Waals surface area (Å²) >= 11 is 0. The molecule has 9 heteroatoms. The van der Waals surface area contributed by atoms with Crippen molar-refractivity contribution in [2.24, 2.45) is 0 Å². The number of ether oxygens (including phenoxy) is 1. The number of rotatable bonds is 2. The number of aromatic amines is 1. The Labute approximate surface area is 200 Å². The third-order valence-electron chi connectivity index (χ3n) is 6.26. The van der Waals surface area contributed by atoms with E-state index in [-0.39, 0.29) is 28.7 Å². The first-order valence-electron chi connectivity index (χ1n) is 11.6. The summed E-state index contributed by atoms with van der Waals surface area (Å²) in [5.41, 5.74) is 0.656. The predicted molar refractivity (Wildman–Crippen MR) is 128 cm³/mol. The molecule has 3 heterocycles. The van der Waals surface area contributed by atoms with Crippen LogP contribution < -0.4 is 5.56 Å². The van der Waals surface area contributed by atoms with Crippen molar-refractivity contribution >= 4 is 22.6 Å². The highest BCUT2D eigenvalue weighted by Crippen LogP contribution is 2.36. The number of H-pyrrole nitrogens is 1. The number of nitrogens with zero attached hydrogens (tertiary/aromatic N) is 3. The number of nitrogens with one attached hydrogen (secondary N) is 1. The molecular formula is C26H26F2N4O3. The number of hydrogen-bond acceptors (Lipinski definition) is 4. The summed E-state index contributed by atoms with van der Waals surface area (Å²) in [6.45, 7) is 6.43. The molecule has 2 aromatic heterocycles. The minimum Gasteiger partial charge on any atom is -0.444 e. The summed E-state index contributed by atoms with van der Waals surface area (Å²) in [6, 6.07) is 10.2. The second-order valence-electron chi connectivity index (χ2n) is 9.86. The van der Waals surface area contributed by atoms with Gasteiger partial charge in [0, 0.05) is 36.2 Å². The van der Waals surface area contributed by atoms with E-state index in [4.69, 9.17) is 4.74 Å². The third-order valence-corrected chi connectivity index (χ3v) is 6.26. The molecule has 1 fully saturated rings. The standard InChI is InChI=1S/C26H26F2N4O3/c1-26(2,3)35-25(34)31-12-10-15(11-13-31)20-14-21(33)29-24-23-19(30-32(20)24)9-8-18(28)22(23)16-6-4-5-7-17(16)27/h4-9,14-15H,10-13H2,1-3H3,(H,29,33). The van der Waals surface area contributed by atoms with Crippen LogP contribution in [0.1, 0.15) is 45.2 Å². The Morgan fingerprint density at radius 3 is 2.49 bits per heavy atom. The van der Waals surface area contributed by atoms with E-state index in [1.807, 2.05) is 20.8 Å². The summed E-state index contributed by atoms with van der Waals surface area (Å²) in [7, 11) is 0. The molecule has 2 aromatic carbocycles. The van der Waals surface area contributed by atoms with Gasteiger partial charge >= 0.3 is 6.09 Å². The van der Waals surface area contributed by atoms with Gasteiger partial charge in [0.1, 0.15) is 22.9 Å². The lowest BCUT2D eigenvalue weighted by Crippen LogP contribution is -2.41. The first-order chi connectivity index (χ1) is 16.6. The minimum atomic E-state index is -0.602. The van der Waals surface area contributed by atoms with Crippen molar-refractivity contribution in [1.82, 2.24) is 19.5 Å². The topological polar surface area (TPSA) is 79.7 Å². The number of aromatic nitrogens is 3. The van der Waals surface area contributed by atoms with E-state index in [9.17, 15) is 14.0 Å². The highest BCUT2D eigenvalue weighted by Gasteiger charge is 2.30. The Kier molecular flexibility index (Phi) is 5.57. The van der Waals surface area contributed by atoms with Crippen LogP contribution in [0.25, 0.3) is 27.7 Å². The van der Waals surface area contributed by atoms with Gasteiger partial charge in [0.2, 0.25) is 0 Å². The van der Waals surface area contributed by atoms with Crippen molar-refractivity contribution < 1.29 is 18.3 Å². The molecule has 7 nitrogen and oxygen atoms in total. The van der Waals surface area contributed by atoms with Gasteiger partial charge in [0.25, 0.3) is 5.56 Å². The summed E-state index contributed by atoms with van der Waals surface area (Å²) < 4.78 is 36.8. The van der Waals surface area contributed by atoms with Crippen LogP contribution in [-0.2, 0) is 4.74 Å². The second kappa shape index (κ2) is 8.48. The van der Waals surface area contributed by atoms with Crippen LogP contribution in [0.2, 0.25) is 0 Å². The van der Waals surface area contributed by atoms with E-state index >= 15 is 4.39 Å². The number of carbonyl (C=O) groups excluding carboxylic acids is 1. The summed E-state index contributed by atoms with van der Waals surface area (Å²) in [4.78, 5) is 29.5. The number of carbonyl (C=O) groups is 1. The van der Waals surface area contributed by atoms with Gasteiger partial charge in [-0.25, -0.2) is 18.1 Å². The van der Waals surface area contributed by atoms with Gasteiger partial charge in [-0.2, -0.15) is 5.10 Å². The van der Waals surface area contributed by atoms with Gasteiger partial charge < -0.3 is 14.6 Å².